The molecule has 0 bridgehead atoms. The van der Waals surface area contributed by atoms with Crippen LogP contribution in [0.2, 0.25) is 0 Å². The van der Waals surface area contributed by atoms with E-state index >= 15 is 0 Å². The van der Waals surface area contributed by atoms with Crippen molar-refractivity contribution in [3.05, 3.63) is 47.5 Å². The van der Waals surface area contributed by atoms with E-state index in [-0.39, 0.29) is 0 Å². The van der Waals surface area contributed by atoms with Crippen LogP contribution in [0.5, 0.6) is 11.5 Å². The zero-order valence-electron chi connectivity index (χ0n) is 11.0. The lowest BCUT2D eigenvalue weighted by molar-refractivity contribution is -0.137. The maximum atomic E-state index is 12.8. The number of rotatable bonds is 2. The number of methoxy groups -OCH3 is 1. The Labute approximate surface area is 114 Å². The van der Waals surface area contributed by atoms with Crippen molar-refractivity contribution >= 4 is 0 Å². The summed E-state index contributed by atoms with van der Waals surface area (Å²) in [4.78, 5) is 0. The van der Waals surface area contributed by atoms with Crippen molar-refractivity contribution in [1.29, 1.82) is 0 Å². The van der Waals surface area contributed by atoms with Crippen LogP contribution in [-0.2, 0) is 6.18 Å². The number of alkyl halides is 3. The summed E-state index contributed by atoms with van der Waals surface area (Å²) in [6.07, 6.45) is -4.49. The number of halogens is 3. The van der Waals surface area contributed by atoms with Crippen molar-refractivity contribution in [2.75, 3.05) is 7.11 Å². The lowest BCUT2D eigenvalue weighted by Gasteiger charge is -2.12. The Hall–Kier alpha value is -2.17. The van der Waals surface area contributed by atoms with Crippen molar-refractivity contribution in [2.24, 2.45) is 0 Å². The molecule has 0 spiro atoms. The van der Waals surface area contributed by atoms with Crippen LogP contribution in [0.25, 0.3) is 11.1 Å². The second-order valence-electron chi connectivity index (χ2n) is 4.45. The van der Waals surface area contributed by atoms with Crippen LogP contribution in [-0.4, -0.2) is 12.2 Å². The molecular weight excluding hydrogens is 269 g/mol. The Kier molecular flexibility index (Phi) is 3.61. The number of hydrogen-bond donors (Lipinski definition) is 1. The van der Waals surface area contributed by atoms with Gasteiger partial charge in [0.15, 0.2) is 0 Å². The van der Waals surface area contributed by atoms with Gasteiger partial charge in [0.1, 0.15) is 11.5 Å². The van der Waals surface area contributed by atoms with Gasteiger partial charge in [-0.05, 0) is 53.9 Å². The third-order valence-electron chi connectivity index (χ3n) is 2.99. The van der Waals surface area contributed by atoms with Crippen molar-refractivity contribution < 1.29 is 23.0 Å². The molecule has 5 heteroatoms. The molecule has 106 valence electrons. The predicted molar refractivity (Wildman–Crippen MR) is 69.8 cm³/mol. The monoisotopic (exact) mass is 282 g/mol. The van der Waals surface area contributed by atoms with Crippen LogP contribution < -0.4 is 4.74 Å². The van der Waals surface area contributed by atoms with Gasteiger partial charge in [0, 0.05) is 0 Å². The van der Waals surface area contributed by atoms with Crippen LogP contribution in [0, 0.1) is 6.92 Å². The van der Waals surface area contributed by atoms with E-state index in [1.54, 1.807) is 25.1 Å². The molecule has 2 aromatic rings. The molecule has 0 aliphatic rings. The molecule has 2 rings (SSSR count). The average molecular weight is 282 g/mol. The molecule has 0 fully saturated rings. The molecule has 0 aliphatic carbocycles. The van der Waals surface area contributed by atoms with E-state index in [4.69, 9.17) is 4.74 Å². The summed E-state index contributed by atoms with van der Waals surface area (Å²) < 4.78 is 43.3. The van der Waals surface area contributed by atoms with Crippen LogP contribution in [0.3, 0.4) is 0 Å². The summed E-state index contributed by atoms with van der Waals surface area (Å²) in [5.74, 6) is 0.215. The fourth-order valence-electron chi connectivity index (χ4n) is 2.02. The number of hydrogen-bond acceptors (Lipinski definition) is 2. The van der Waals surface area contributed by atoms with Crippen LogP contribution >= 0.6 is 0 Å². The van der Waals surface area contributed by atoms with Gasteiger partial charge in [-0.1, -0.05) is 6.07 Å². The van der Waals surface area contributed by atoms with E-state index in [1.807, 2.05) is 0 Å². The van der Waals surface area contributed by atoms with Gasteiger partial charge < -0.3 is 9.84 Å². The van der Waals surface area contributed by atoms with Gasteiger partial charge in [-0.15, -0.1) is 0 Å². The minimum Gasteiger partial charge on any atom is -0.508 e. The largest absolute Gasteiger partial charge is 0.508 e. The maximum Gasteiger partial charge on any atom is 0.416 e. The Morgan fingerprint density at radius 2 is 1.75 bits per heavy atom. The minimum absolute atomic E-state index is 0.317. The van der Waals surface area contributed by atoms with Gasteiger partial charge in [-0.25, -0.2) is 0 Å². The second kappa shape index (κ2) is 5.07. The lowest BCUT2D eigenvalue weighted by Crippen LogP contribution is -2.04. The molecule has 0 aromatic heterocycles. The summed E-state index contributed by atoms with van der Waals surface area (Å²) in [7, 11) is 1.52. The Balaban J connectivity index is 2.55. The third kappa shape index (κ3) is 2.87. The highest BCUT2D eigenvalue weighted by molar-refractivity contribution is 5.70. The molecule has 0 aliphatic heterocycles. The summed E-state index contributed by atoms with van der Waals surface area (Å²) in [6, 6.07) is 8.11. The maximum absolute atomic E-state index is 12.8. The molecule has 0 unspecified atom stereocenters. The molecule has 1 N–H and O–H groups in total. The first-order valence-corrected chi connectivity index (χ1v) is 5.87. The summed E-state index contributed by atoms with van der Waals surface area (Å²) in [5.41, 5.74) is 0.829. The van der Waals surface area contributed by atoms with E-state index in [0.29, 0.717) is 22.9 Å². The molecule has 0 radical (unpaired) electrons. The SMILES string of the molecule is COc1ccc(-c2cc(O)cc(C(F)(F)F)c2)c(C)c1. The van der Waals surface area contributed by atoms with Crippen LogP contribution in [0.15, 0.2) is 36.4 Å². The predicted octanol–water partition coefficient (Wildman–Crippen LogP) is 4.40. The molecule has 0 amide bonds. The van der Waals surface area contributed by atoms with Gasteiger partial charge in [0.25, 0.3) is 0 Å². The first-order chi connectivity index (χ1) is 9.31. The minimum atomic E-state index is -4.49. The van der Waals surface area contributed by atoms with Gasteiger partial charge in [-0.3, -0.25) is 0 Å². The summed E-state index contributed by atoms with van der Waals surface area (Å²) in [5, 5.41) is 9.49. The molecular formula is C15H13F3O2. The zero-order chi connectivity index (χ0) is 14.9. The van der Waals surface area contributed by atoms with E-state index in [1.165, 1.54) is 13.2 Å². The van der Waals surface area contributed by atoms with E-state index < -0.39 is 17.5 Å². The number of aryl methyl sites for hydroxylation is 1. The van der Waals surface area contributed by atoms with Crippen molar-refractivity contribution in [3.8, 4) is 22.6 Å². The fourth-order valence-corrected chi connectivity index (χ4v) is 2.02. The molecule has 0 atom stereocenters. The van der Waals surface area contributed by atoms with Crippen LogP contribution in [0.1, 0.15) is 11.1 Å². The van der Waals surface area contributed by atoms with Gasteiger partial charge in [0.05, 0.1) is 12.7 Å². The Morgan fingerprint density at radius 1 is 1.05 bits per heavy atom. The molecule has 0 heterocycles. The molecule has 0 saturated heterocycles. The second-order valence-corrected chi connectivity index (χ2v) is 4.45. The average Bonchev–Trinajstić information content (AvgIpc) is 2.36. The number of ether oxygens (including phenoxy) is 1. The van der Waals surface area contributed by atoms with Gasteiger partial charge >= 0.3 is 6.18 Å². The van der Waals surface area contributed by atoms with E-state index in [0.717, 1.165) is 11.6 Å². The van der Waals surface area contributed by atoms with E-state index in [2.05, 4.69) is 0 Å². The summed E-state index contributed by atoms with van der Waals surface area (Å²) in [6.45, 7) is 1.77. The standard InChI is InChI=1S/C15H13F3O2/c1-9-5-13(20-2)3-4-14(9)10-6-11(15(16,17)18)8-12(19)7-10/h3-8,19H,1-2H3. The number of benzene rings is 2. The topological polar surface area (TPSA) is 29.5 Å². The highest BCUT2D eigenvalue weighted by Crippen LogP contribution is 2.36. The van der Waals surface area contributed by atoms with Gasteiger partial charge in [-0.2, -0.15) is 13.2 Å². The highest BCUT2D eigenvalue weighted by atomic mass is 19.4. The molecule has 0 saturated carbocycles. The number of phenolic OH excluding ortho intramolecular Hbond substituents is 1. The van der Waals surface area contributed by atoms with Crippen LogP contribution in [0.4, 0.5) is 13.2 Å². The third-order valence-corrected chi connectivity index (χ3v) is 2.99. The van der Waals surface area contributed by atoms with Crippen molar-refractivity contribution in [2.45, 2.75) is 13.1 Å². The first kappa shape index (κ1) is 14.2. The highest BCUT2D eigenvalue weighted by Gasteiger charge is 2.31. The van der Waals surface area contributed by atoms with E-state index in [9.17, 15) is 18.3 Å². The zero-order valence-corrected chi connectivity index (χ0v) is 11.0. The first-order valence-electron chi connectivity index (χ1n) is 5.87. The Morgan fingerprint density at radius 3 is 2.30 bits per heavy atom. The van der Waals surface area contributed by atoms with Gasteiger partial charge in [0.2, 0.25) is 0 Å². The molecule has 20 heavy (non-hydrogen) atoms. The molecule has 2 aromatic carbocycles. The van der Waals surface area contributed by atoms with Crippen molar-refractivity contribution in [3.63, 3.8) is 0 Å². The number of phenols is 1. The van der Waals surface area contributed by atoms with Crippen molar-refractivity contribution in [1.82, 2.24) is 0 Å². The normalized spacial score (nSPS) is 11.4. The lowest BCUT2D eigenvalue weighted by atomic mass is 9.98. The number of aromatic hydroxyl groups is 1. The smallest absolute Gasteiger partial charge is 0.416 e. The Bertz CT molecular complexity index is 634. The molecule has 2 nitrogen and oxygen atoms in total. The summed E-state index contributed by atoms with van der Waals surface area (Å²) >= 11 is 0. The quantitative estimate of drug-likeness (QED) is 0.885. The fraction of sp³-hybridized carbons (Fsp3) is 0.200.